The van der Waals surface area contributed by atoms with Gasteiger partial charge in [0.2, 0.25) is 12.1 Å². The highest BCUT2D eigenvalue weighted by Crippen LogP contribution is 2.60. The van der Waals surface area contributed by atoms with Crippen LogP contribution in [0.4, 0.5) is 0 Å². The van der Waals surface area contributed by atoms with Crippen LogP contribution in [0.1, 0.15) is 63.6 Å². The predicted octanol–water partition coefficient (Wildman–Crippen LogP) is 4.49. The number of carbonyl (C=O) groups is 1. The molecule has 4 aliphatic heterocycles. The summed E-state index contributed by atoms with van der Waals surface area (Å²) in [5.41, 5.74) is 1.52. The van der Waals surface area contributed by atoms with Crippen molar-refractivity contribution in [3.63, 3.8) is 0 Å². The third-order valence-corrected chi connectivity index (χ3v) is 8.06. The van der Waals surface area contributed by atoms with Crippen molar-refractivity contribution in [2.24, 2.45) is 28.7 Å². The van der Waals surface area contributed by atoms with Crippen molar-refractivity contribution in [1.29, 1.82) is 0 Å². The molecule has 0 amide bonds. The minimum atomic E-state index is -0.819. The van der Waals surface area contributed by atoms with Crippen LogP contribution in [0.25, 0.3) is 0 Å². The van der Waals surface area contributed by atoms with Crippen molar-refractivity contribution in [2.45, 2.75) is 77.1 Å². The molecule has 1 saturated carbocycles. The SMILES string of the molecule is Cc1ccc(C(COC=O)/N=C2\O[C@H]3O[C@@]4(C)CCC5[C@@H](C)CCC([C@@H]2C)C53OO4)cc1. The lowest BCUT2D eigenvalue weighted by Crippen LogP contribution is -2.69. The quantitative estimate of drug-likeness (QED) is 0.493. The number of hydrogen-bond donors (Lipinski definition) is 0. The van der Waals surface area contributed by atoms with Crippen LogP contribution in [-0.2, 0) is 28.8 Å². The number of benzene rings is 1. The Kier molecular flexibility index (Phi) is 5.55. The zero-order valence-corrected chi connectivity index (χ0v) is 19.3. The van der Waals surface area contributed by atoms with Gasteiger partial charge >= 0.3 is 0 Å². The summed E-state index contributed by atoms with van der Waals surface area (Å²) in [5, 5.41) is 0. The second kappa shape index (κ2) is 8.12. The Bertz CT molecular complexity index is 887. The number of rotatable bonds is 5. The van der Waals surface area contributed by atoms with Gasteiger partial charge in [-0.05, 0) is 44.6 Å². The number of aliphatic imine (C=N–C) groups is 1. The van der Waals surface area contributed by atoms with E-state index in [1.165, 1.54) is 0 Å². The van der Waals surface area contributed by atoms with Crippen molar-refractivity contribution >= 4 is 12.4 Å². The highest BCUT2D eigenvalue weighted by atomic mass is 17.3. The van der Waals surface area contributed by atoms with Crippen LogP contribution >= 0.6 is 0 Å². The summed E-state index contributed by atoms with van der Waals surface area (Å²) < 4.78 is 18.0. The second-order valence-corrected chi connectivity index (χ2v) is 10.1. The zero-order chi connectivity index (χ0) is 22.5. The average Bonchev–Trinajstić information content (AvgIpc) is 3.01. The van der Waals surface area contributed by atoms with Gasteiger partial charge in [0.1, 0.15) is 12.6 Å². The molecule has 1 aliphatic carbocycles. The number of carbonyl (C=O) groups excluding carboxylic acids is 1. The van der Waals surface area contributed by atoms with Gasteiger partial charge in [-0.25, -0.2) is 14.8 Å². The fourth-order valence-electron chi connectivity index (χ4n) is 6.20. The normalized spacial score (nSPS) is 42.5. The molecule has 6 rings (SSSR count). The van der Waals surface area contributed by atoms with Gasteiger partial charge < -0.3 is 14.2 Å². The predicted molar refractivity (Wildman–Crippen MR) is 116 cm³/mol. The van der Waals surface area contributed by atoms with Crippen LogP contribution in [0.2, 0.25) is 0 Å². The Morgan fingerprint density at radius 3 is 2.69 bits per heavy atom. The summed E-state index contributed by atoms with van der Waals surface area (Å²) in [6.07, 6.45) is 3.34. The van der Waals surface area contributed by atoms with Gasteiger partial charge in [0.05, 0.1) is 0 Å². The Morgan fingerprint density at radius 2 is 1.94 bits per heavy atom. The molecule has 0 N–H and O–H groups in total. The molecule has 5 aliphatic rings. The maximum absolute atomic E-state index is 10.9. The van der Waals surface area contributed by atoms with E-state index in [1.807, 2.05) is 38.1 Å². The fourth-order valence-corrected chi connectivity index (χ4v) is 6.20. The van der Waals surface area contributed by atoms with Gasteiger partial charge in [-0.1, -0.05) is 43.7 Å². The Balaban J connectivity index is 1.52. The van der Waals surface area contributed by atoms with E-state index in [4.69, 9.17) is 29.0 Å². The minimum Gasteiger partial charge on any atom is -0.465 e. The van der Waals surface area contributed by atoms with E-state index in [1.54, 1.807) is 0 Å². The third kappa shape index (κ3) is 3.45. The first-order valence-electron chi connectivity index (χ1n) is 11.8. The first-order valence-corrected chi connectivity index (χ1v) is 11.8. The molecule has 4 saturated heterocycles. The first-order chi connectivity index (χ1) is 15.4. The largest absolute Gasteiger partial charge is 0.465 e. The zero-order valence-electron chi connectivity index (χ0n) is 19.3. The maximum atomic E-state index is 10.9. The summed E-state index contributed by atoms with van der Waals surface area (Å²) >= 11 is 0. The monoisotopic (exact) mass is 443 g/mol. The Labute approximate surface area is 189 Å². The molecule has 4 unspecified atom stereocenters. The topological polar surface area (TPSA) is 75.6 Å². The van der Waals surface area contributed by atoms with E-state index in [0.717, 1.165) is 36.8 Å². The summed E-state index contributed by atoms with van der Waals surface area (Å²) in [7, 11) is 0. The average molecular weight is 444 g/mol. The summed E-state index contributed by atoms with van der Waals surface area (Å²) in [4.78, 5) is 28.0. The molecule has 1 spiro atoms. The first kappa shape index (κ1) is 21.9. The van der Waals surface area contributed by atoms with E-state index in [0.29, 0.717) is 24.2 Å². The van der Waals surface area contributed by atoms with E-state index in [-0.39, 0.29) is 24.5 Å². The van der Waals surface area contributed by atoms with E-state index in [2.05, 4.69) is 13.8 Å². The van der Waals surface area contributed by atoms with Crippen molar-refractivity contribution < 1.29 is 28.8 Å². The van der Waals surface area contributed by atoms with Gasteiger partial charge in [0.25, 0.3) is 6.47 Å². The summed E-state index contributed by atoms with van der Waals surface area (Å²) in [5.74, 6) is 0.844. The van der Waals surface area contributed by atoms with Crippen molar-refractivity contribution in [3.8, 4) is 0 Å². The molecule has 1 aromatic rings. The van der Waals surface area contributed by atoms with E-state index in [9.17, 15) is 4.79 Å². The molecule has 174 valence electrons. The molecule has 2 bridgehead atoms. The van der Waals surface area contributed by atoms with Crippen molar-refractivity contribution in [2.75, 3.05) is 6.61 Å². The lowest BCUT2D eigenvalue weighted by molar-refractivity contribution is -0.557. The molecule has 4 heterocycles. The third-order valence-electron chi connectivity index (χ3n) is 8.06. The smallest absolute Gasteiger partial charge is 0.293 e. The molecule has 8 atom stereocenters. The Hall–Kier alpha value is -1.96. The molecule has 7 nitrogen and oxygen atoms in total. The maximum Gasteiger partial charge on any atom is 0.293 e. The van der Waals surface area contributed by atoms with Crippen LogP contribution in [0.5, 0.6) is 0 Å². The molecule has 5 fully saturated rings. The number of ether oxygens (including phenoxy) is 3. The van der Waals surface area contributed by atoms with Crippen molar-refractivity contribution in [3.05, 3.63) is 35.4 Å². The molecule has 32 heavy (non-hydrogen) atoms. The second-order valence-electron chi connectivity index (χ2n) is 10.1. The lowest BCUT2D eigenvalue weighted by atomic mass is 9.58. The Morgan fingerprint density at radius 1 is 1.16 bits per heavy atom. The van der Waals surface area contributed by atoms with Gasteiger partial charge in [-0.15, -0.1) is 0 Å². The highest BCUT2D eigenvalue weighted by molar-refractivity contribution is 5.80. The molecular weight excluding hydrogens is 410 g/mol. The number of nitrogens with zero attached hydrogens (tertiary/aromatic N) is 1. The number of fused-ring (bicyclic) bond motifs is 2. The van der Waals surface area contributed by atoms with Gasteiger partial charge in [0.15, 0.2) is 11.5 Å². The molecule has 7 heteroatoms. The standard InChI is InChI=1S/C25H33NO6/c1-15-5-8-18(9-6-15)21(13-28-14-27)26-22-17(3)20-10-7-16(2)19-11-12-24(4)30-23(29-22)25(19,20)32-31-24/h5-6,8-9,14,16-17,19-21,23H,7,10-13H2,1-4H3/b26-22-/t16-,17-,19?,20?,21?,23-,24+,25?/m0/s1. The van der Waals surface area contributed by atoms with Crippen LogP contribution in [0.3, 0.4) is 0 Å². The van der Waals surface area contributed by atoms with Gasteiger partial charge in [0, 0.05) is 24.2 Å². The minimum absolute atomic E-state index is 0.0279. The number of hydrogen-bond acceptors (Lipinski definition) is 7. The van der Waals surface area contributed by atoms with Crippen LogP contribution in [-0.4, -0.2) is 36.7 Å². The fraction of sp³-hybridized carbons (Fsp3) is 0.680. The lowest BCUT2D eigenvalue weighted by Gasteiger charge is -2.58. The van der Waals surface area contributed by atoms with Crippen LogP contribution in [0.15, 0.2) is 29.3 Å². The van der Waals surface area contributed by atoms with Crippen LogP contribution < -0.4 is 0 Å². The van der Waals surface area contributed by atoms with Gasteiger partial charge in [-0.3, -0.25) is 4.79 Å². The molecule has 0 radical (unpaired) electrons. The van der Waals surface area contributed by atoms with E-state index < -0.39 is 17.7 Å². The summed E-state index contributed by atoms with van der Waals surface area (Å²) in [6.45, 7) is 9.03. The highest BCUT2D eigenvalue weighted by Gasteiger charge is 2.69. The van der Waals surface area contributed by atoms with Crippen LogP contribution in [0, 0.1) is 30.6 Å². The van der Waals surface area contributed by atoms with Crippen molar-refractivity contribution in [1.82, 2.24) is 0 Å². The molecule has 0 aromatic heterocycles. The molecular formula is C25H33NO6. The molecule has 1 aromatic carbocycles. The van der Waals surface area contributed by atoms with E-state index >= 15 is 0 Å². The summed E-state index contributed by atoms with van der Waals surface area (Å²) in [6, 6.07) is 7.77. The van der Waals surface area contributed by atoms with Gasteiger partial charge in [-0.2, -0.15) is 0 Å². The number of aryl methyl sites for hydroxylation is 1.